The maximum atomic E-state index is 10.7. The molecule has 4 aromatic rings. The van der Waals surface area contributed by atoms with E-state index in [2.05, 4.69) is 61.9 Å². The maximum absolute atomic E-state index is 10.7. The van der Waals surface area contributed by atoms with Gasteiger partial charge in [0.2, 0.25) is 0 Å². The van der Waals surface area contributed by atoms with E-state index in [1.807, 2.05) is 0 Å². The van der Waals surface area contributed by atoms with Crippen LogP contribution in [-0.4, -0.2) is 56.9 Å². The number of nitrogens with one attached hydrogen (secondary N) is 2. The lowest BCUT2D eigenvalue weighted by molar-refractivity contribution is -0.0514. The highest BCUT2D eigenvalue weighted by atomic mass is 32.2. The highest BCUT2D eigenvalue weighted by Gasteiger charge is 2.45. The summed E-state index contributed by atoms with van der Waals surface area (Å²) in [7, 11) is -11.7. The van der Waals surface area contributed by atoms with E-state index >= 15 is 0 Å². The van der Waals surface area contributed by atoms with Crippen LogP contribution >= 0.6 is 0 Å². The van der Waals surface area contributed by atoms with Crippen molar-refractivity contribution < 1.29 is 52.3 Å². The van der Waals surface area contributed by atoms with Crippen molar-refractivity contribution in [2.75, 3.05) is 0 Å². The fraction of sp³-hybridized carbons (Fsp3) is 0.364. The molecule has 0 saturated heterocycles. The SMILES string of the molecule is Cc1cc2nc(CCc3nc4cc(C)c(C)cc4[nH]3)[nH]c2cc1C.O=S(=O)(O)C(F)(F)F.O=S(=O)(O)C(F)(F)F. The van der Waals surface area contributed by atoms with E-state index in [9.17, 15) is 26.3 Å². The molecule has 0 spiro atoms. The van der Waals surface area contributed by atoms with Gasteiger partial charge in [0.25, 0.3) is 0 Å². The molecule has 0 radical (unpaired) electrons. The minimum absolute atomic E-state index is 0.852. The number of aromatic amines is 2. The molecule has 222 valence electrons. The normalized spacial score (nSPS) is 12.6. The second-order valence-corrected chi connectivity index (χ2v) is 11.4. The van der Waals surface area contributed by atoms with Gasteiger partial charge in [0.05, 0.1) is 22.1 Å². The van der Waals surface area contributed by atoms with Gasteiger partial charge in [-0.1, -0.05) is 0 Å². The Morgan fingerprint density at radius 1 is 0.625 bits per heavy atom. The average Bonchev–Trinajstić information content (AvgIpc) is 3.33. The van der Waals surface area contributed by atoms with Crippen molar-refractivity contribution in [3.8, 4) is 0 Å². The Kier molecular flexibility index (Phi) is 9.66. The van der Waals surface area contributed by atoms with Crippen LogP contribution in [0.1, 0.15) is 33.9 Å². The Hall–Kier alpha value is -3.22. The van der Waals surface area contributed by atoms with Crippen LogP contribution in [-0.2, 0) is 33.1 Å². The largest absolute Gasteiger partial charge is 0.522 e. The number of benzene rings is 2. The molecule has 0 aliphatic heterocycles. The molecule has 0 saturated carbocycles. The third kappa shape index (κ3) is 8.64. The monoisotopic (exact) mass is 618 g/mol. The summed E-state index contributed by atoms with van der Waals surface area (Å²) >= 11 is 0. The summed E-state index contributed by atoms with van der Waals surface area (Å²) in [5.41, 5.74) is -1.60. The summed E-state index contributed by atoms with van der Waals surface area (Å²) in [5.74, 6) is 2.03. The lowest BCUT2D eigenvalue weighted by atomic mass is 10.1. The number of hydrogen-bond donors (Lipinski definition) is 4. The van der Waals surface area contributed by atoms with E-state index in [0.29, 0.717) is 0 Å². The van der Waals surface area contributed by atoms with Gasteiger partial charge in [-0.3, -0.25) is 9.11 Å². The van der Waals surface area contributed by atoms with Gasteiger partial charge in [0.1, 0.15) is 11.6 Å². The second kappa shape index (κ2) is 11.7. The number of nitrogens with zero attached hydrogens (tertiary/aromatic N) is 2. The summed E-state index contributed by atoms with van der Waals surface area (Å²) in [4.78, 5) is 16.3. The number of H-pyrrole nitrogens is 2. The number of fused-ring (bicyclic) bond motifs is 2. The van der Waals surface area contributed by atoms with Crippen molar-refractivity contribution in [3.05, 3.63) is 58.2 Å². The van der Waals surface area contributed by atoms with Crippen LogP contribution in [0.4, 0.5) is 26.3 Å². The van der Waals surface area contributed by atoms with Gasteiger partial charge in [-0.25, -0.2) is 9.97 Å². The van der Waals surface area contributed by atoms with Crippen LogP contribution in [0, 0.1) is 27.7 Å². The summed E-state index contributed by atoms with van der Waals surface area (Å²) < 4.78 is 115. The Morgan fingerprint density at radius 2 is 0.875 bits per heavy atom. The molecule has 2 aromatic heterocycles. The zero-order valence-corrected chi connectivity index (χ0v) is 22.9. The standard InChI is InChI=1S/C20H22N4.2CHF3O3S/c1-11-7-15-16(8-12(11)2)22-19(21-15)5-6-20-23-17-9-13(3)14(4)10-18(17)24-20;2*2-1(3,4)8(5,6)7/h7-10H,5-6H2,1-4H3,(H,21,22)(H,23,24);2*(H,5,6,7). The van der Waals surface area contributed by atoms with Crippen molar-refractivity contribution in [1.82, 2.24) is 19.9 Å². The molecule has 0 aliphatic carbocycles. The quantitative estimate of drug-likeness (QED) is 0.137. The Balaban J connectivity index is 0.000000290. The molecule has 4 rings (SSSR count). The van der Waals surface area contributed by atoms with Gasteiger partial charge in [0.15, 0.2) is 0 Å². The van der Waals surface area contributed by atoms with E-state index in [1.165, 1.54) is 22.3 Å². The van der Waals surface area contributed by atoms with Gasteiger partial charge >= 0.3 is 31.3 Å². The van der Waals surface area contributed by atoms with Crippen molar-refractivity contribution in [2.45, 2.75) is 51.6 Å². The minimum Gasteiger partial charge on any atom is -0.342 e. The Labute approximate surface area is 224 Å². The van der Waals surface area contributed by atoms with Crippen LogP contribution in [0.25, 0.3) is 22.1 Å². The second-order valence-electron chi connectivity index (χ2n) is 8.62. The first kappa shape index (κ1) is 33.0. The van der Waals surface area contributed by atoms with Crippen molar-refractivity contribution in [3.63, 3.8) is 0 Å². The smallest absolute Gasteiger partial charge is 0.342 e. The molecule has 0 unspecified atom stereocenters. The minimum atomic E-state index is -5.84. The third-order valence-corrected chi connectivity index (χ3v) is 6.65. The topological polar surface area (TPSA) is 166 Å². The molecular weight excluding hydrogens is 594 g/mol. The summed E-state index contributed by atoms with van der Waals surface area (Å²) in [6.07, 6.45) is 1.70. The number of halogens is 6. The lowest BCUT2D eigenvalue weighted by Gasteiger charge is -1.97. The zero-order chi connectivity index (χ0) is 30.8. The van der Waals surface area contributed by atoms with Gasteiger partial charge in [-0.2, -0.15) is 43.2 Å². The van der Waals surface area contributed by atoms with Crippen molar-refractivity contribution in [2.24, 2.45) is 0 Å². The fourth-order valence-corrected chi connectivity index (χ4v) is 3.12. The van der Waals surface area contributed by atoms with Crippen LogP contribution in [0.2, 0.25) is 0 Å². The van der Waals surface area contributed by atoms with Crippen LogP contribution < -0.4 is 0 Å². The molecule has 10 nitrogen and oxygen atoms in total. The molecule has 2 heterocycles. The van der Waals surface area contributed by atoms with Crippen molar-refractivity contribution in [1.29, 1.82) is 0 Å². The molecule has 0 fully saturated rings. The average molecular weight is 619 g/mol. The first-order chi connectivity index (χ1) is 18.0. The molecule has 0 bridgehead atoms. The molecule has 0 aliphatic rings. The lowest BCUT2D eigenvalue weighted by Crippen LogP contribution is -2.21. The molecule has 0 atom stereocenters. The number of imidazole rings is 2. The summed E-state index contributed by atoms with van der Waals surface area (Å²) in [5, 5.41) is 0. The van der Waals surface area contributed by atoms with E-state index in [0.717, 1.165) is 46.6 Å². The summed E-state index contributed by atoms with van der Waals surface area (Å²) in [6, 6.07) is 8.65. The molecule has 40 heavy (non-hydrogen) atoms. The molecule has 2 aromatic carbocycles. The molecular formula is C22H24F6N4O6S2. The number of aryl methyl sites for hydroxylation is 6. The number of aromatic nitrogens is 4. The molecule has 0 amide bonds. The van der Waals surface area contributed by atoms with E-state index in [1.54, 1.807) is 0 Å². The van der Waals surface area contributed by atoms with Gasteiger partial charge in [-0.15, -0.1) is 0 Å². The Morgan fingerprint density at radius 3 is 1.12 bits per heavy atom. The fourth-order valence-electron chi connectivity index (χ4n) is 3.12. The first-order valence-electron chi connectivity index (χ1n) is 11.0. The first-order valence-corrected chi connectivity index (χ1v) is 13.9. The molecule has 4 N–H and O–H groups in total. The van der Waals surface area contributed by atoms with Gasteiger partial charge in [0, 0.05) is 12.8 Å². The number of hydrogen-bond acceptors (Lipinski definition) is 6. The van der Waals surface area contributed by atoms with Crippen LogP contribution in [0.3, 0.4) is 0 Å². The van der Waals surface area contributed by atoms with Crippen LogP contribution in [0.5, 0.6) is 0 Å². The van der Waals surface area contributed by atoms with Crippen molar-refractivity contribution >= 4 is 42.3 Å². The van der Waals surface area contributed by atoms with Gasteiger partial charge in [-0.05, 0) is 74.2 Å². The number of rotatable bonds is 3. The zero-order valence-electron chi connectivity index (χ0n) is 21.2. The molecule has 18 heteroatoms. The van der Waals surface area contributed by atoms with E-state index in [4.69, 9.17) is 35.9 Å². The Bertz CT molecular complexity index is 1520. The maximum Gasteiger partial charge on any atom is 0.522 e. The highest BCUT2D eigenvalue weighted by Crippen LogP contribution is 2.22. The predicted octanol–water partition coefficient (Wildman–Crippen LogP) is 5.25. The third-order valence-electron chi connectivity index (χ3n) is 5.48. The van der Waals surface area contributed by atoms with Gasteiger partial charge < -0.3 is 9.97 Å². The summed E-state index contributed by atoms with van der Waals surface area (Å²) in [6.45, 7) is 8.52. The van der Waals surface area contributed by atoms with E-state index < -0.39 is 31.3 Å². The van der Waals surface area contributed by atoms with Crippen LogP contribution in [0.15, 0.2) is 24.3 Å². The number of alkyl halides is 6. The van der Waals surface area contributed by atoms with E-state index in [-0.39, 0.29) is 0 Å². The highest BCUT2D eigenvalue weighted by molar-refractivity contribution is 7.86. The predicted molar refractivity (Wildman–Crippen MR) is 134 cm³/mol.